The van der Waals surface area contributed by atoms with Crippen LogP contribution >= 0.6 is 11.3 Å². The van der Waals surface area contributed by atoms with Gasteiger partial charge in [0.15, 0.2) is 6.29 Å². The molecular weight excluding hydrogens is 695 g/mol. The van der Waals surface area contributed by atoms with Crippen molar-refractivity contribution >= 4 is 39.3 Å². The van der Waals surface area contributed by atoms with Gasteiger partial charge in [0.25, 0.3) is 5.91 Å². The molecule has 1 aromatic heterocycles. The van der Waals surface area contributed by atoms with Gasteiger partial charge < -0.3 is 30.0 Å². The zero-order chi connectivity index (χ0) is 38.2. The predicted molar refractivity (Wildman–Crippen MR) is 204 cm³/mol. The normalized spacial score (nSPS) is 15.2. The van der Waals surface area contributed by atoms with E-state index in [0.29, 0.717) is 42.0 Å². The van der Waals surface area contributed by atoms with Crippen LogP contribution in [0.2, 0.25) is 0 Å². The predicted octanol–water partition coefficient (Wildman–Crippen LogP) is 7.64. The number of fused-ring (bicyclic) bond motifs is 1. The zero-order valence-electron chi connectivity index (χ0n) is 31.4. The van der Waals surface area contributed by atoms with E-state index in [4.69, 9.17) is 29.5 Å². The first-order chi connectivity index (χ1) is 25.2. The number of hydrogen-bond acceptors (Lipinski definition) is 11. The molecule has 3 aromatic carbocycles. The second kappa shape index (κ2) is 17.7. The second-order valence-corrected chi connectivity index (χ2v) is 15.9. The average Bonchev–Trinajstić information content (AvgIpc) is 3.79. The summed E-state index contributed by atoms with van der Waals surface area (Å²) in [6.45, 7) is 12.8. The number of nitrogens with two attached hydrogens (primary N) is 1. The third-order valence-electron chi connectivity index (χ3n) is 8.54. The van der Waals surface area contributed by atoms with Gasteiger partial charge in [0.1, 0.15) is 23.2 Å². The smallest absolute Gasteiger partial charge is 0.343 e. The first-order valence-electron chi connectivity index (χ1n) is 18.1. The molecule has 0 aliphatic heterocycles. The quantitative estimate of drug-likeness (QED) is 0.0452. The molecule has 4 aromatic rings. The summed E-state index contributed by atoms with van der Waals surface area (Å²) >= 11 is 1.41. The van der Waals surface area contributed by atoms with E-state index in [0.717, 1.165) is 46.9 Å². The van der Waals surface area contributed by atoms with Crippen LogP contribution < -0.4 is 21.3 Å². The van der Waals surface area contributed by atoms with Crippen LogP contribution in [-0.4, -0.2) is 42.4 Å². The Bertz CT molecular complexity index is 1850. The van der Waals surface area contributed by atoms with Crippen molar-refractivity contribution in [3.8, 4) is 11.5 Å². The number of ether oxygens (including phenoxy) is 4. The van der Waals surface area contributed by atoms with Gasteiger partial charge in [-0.15, -0.1) is 11.3 Å². The van der Waals surface area contributed by atoms with Crippen LogP contribution in [0.5, 0.6) is 11.5 Å². The maximum absolute atomic E-state index is 13.3. The lowest BCUT2D eigenvalue weighted by Crippen LogP contribution is -2.55. The van der Waals surface area contributed by atoms with Crippen molar-refractivity contribution in [3.05, 3.63) is 94.4 Å². The van der Waals surface area contributed by atoms with Crippen molar-refractivity contribution in [1.29, 1.82) is 0 Å². The summed E-state index contributed by atoms with van der Waals surface area (Å²) in [5.74, 6) is -0.477. The van der Waals surface area contributed by atoms with Crippen LogP contribution in [0.4, 0.5) is 0 Å². The summed E-state index contributed by atoms with van der Waals surface area (Å²) < 4.78 is 23.9. The number of carbonyl (C=O) groups is 3. The number of amides is 1. The van der Waals surface area contributed by atoms with E-state index in [1.165, 1.54) is 11.3 Å². The third kappa shape index (κ3) is 11.1. The molecule has 0 radical (unpaired) electrons. The fourth-order valence-electron chi connectivity index (χ4n) is 5.72. The van der Waals surface area contributed by atoms with Crippen LogP contribution in [0.1, 0.15) is 93.6 Å². The number of esters is 2. The molecule has 1 amide bonds. The minimum Gasteiger partial charge on any atom is -0.460 e. The van der Waals surface area contributed by atoms with Gasteiger partial charge in [-0.3, -0.25) is 4.79 Å². The van der Waals surface area contributed by atoms with Gasteiger partial charge in [-0.1, -0.05) is 50.2 Å². The van der Waals surface area contributed by atoms with Gasteiger partial charge in [0, 0.05) is 17.8 Å². The number of benzene rings is 3. The average molecular weight is 746 g/mol. The summed E-state index contributed by atoms with van der Waals surface area (Å²) in [6, 6.07) is 22.2. The van der Waals surface area contributed by atoms with Crippen molar-refractivity contribution in [2.75, 3.05) is 6.61 Å². The van der Waals surface area contributed by atoms with Crippen molar-refractivity contribution in [2.45, 2.75) is 104 Å². The molecule has 0 saturated heterocycles. The van der Waals surface area contributed by atoms with Gasteiger partial charge in [0.2, 0.25) is 5.54 Å². The van der Waals surface area contributed by atoms with Gasteiger partial charge in [-0.25, -0.2) is 19.9 Å². The molecule has 1 heterocycles. The van der Waals surface area contributed by atoms with Crippen LogP contribution in [0.15, 0.2) is 72.8 Å². The first kappa shape index (κ1) is 39.9. The highest BCUT2D eigenvalue weighted by Gasteiger charge is 2.49. The van der Waals surface area contributed by atoms with Crippen LogP contribution in [0.3, 0.4) is 0 Å². The number of carbonyl (C=O) groups excluding carboxylic acids is 3. The maximum Gasteiger partial charge on any atom is 0.343 e. The zero-order valence-corrected chi connectivity index (χ0v) is 32.2. The van der Waals surface area contributed by atoms with Crippen LogP contribution in [-0.2, 0) is 47.3 Å². The van der Waals surface area contributed by atoms with Crippen LogP contribution in [0, 0.1) is 5.92 Å². The highest BCUT2D eigenvalue weighted by molar-refractivity contribution is 7.20. The molecule has 53 heavy (non-hydrogen) atoms. The Morgan fingerprint density at radius 2 is 1.47 bits per heavy atom. The Kier molecular flexibility index (Phi) is 13.3. The summed E-state index contributed by atoms with van der Waals surface area (Å²) in [7, 11) is 0. The van der Waals surface area contributed by atoms with Gasteiger partial charge in [-0.05, 0) is 118 Å². The number of thiophene rings is 1. The van der Waals surface area contributed by atoms with E-state index < -0.39 is 29.4 Å². The lowest BCUT2D eigenvalue weighted by Gasteiger charge is -2.30. The lowest BCUT2D eigenvalue weighted by atomic mass is 9.90. The summed E-state index contributed by atoms with van der Waals surface area (Å²) in [5.41, 5.74) is 8.50. The minimum atomic E-state index is -2.12. The Hall–Kier alpha value is -4.33. The number of hydrogen-bond donors (Lipinski definition) is 3. The fourth-order valence-corrected chi connectivity index (χ4v) is 6.74. The monoisotopic (exact) mass is 745 g/mol. The molecule has 1 unspecified atom stereocenters. The van der Waals surface area contributed by atoms with Gasteiger partial charge in [-0.2, -0.15) is 0 Å². The Morgan fingerprint density at radius 1 is 0.849 bits per heavy atom. The maximum atomic E-state index is 13.3. The SMILES string of the molecule is CC(C)COC(C)ONC(=O)c1cc2ccc(CNCc3ccc(Oc4ccc([C@](N)(C(=O)OC5CCCC5)C(=O)OC(C)(C)C)cc4)cc3)cc2s1. The topological polar surface area (TPSA) is 147 Å². The van der Waals surface area contributed by atoms with Gasteiger partial charge >= 0.3 is 11.9 Å². The number of hydroxylamine groups is 1. The van der Waals surface area contributed by atoms with Gasteiger partial charge in [0.05, 0.1) is 11.5 Å². The molecular formula is C41H51N3O8S. The summed E-state index contributed by atoms with van der Waals surface area (Å²) in [6.07, 6.45) is 2.63. The molecule has 1 aliphatic carbocycles. The molecule has 4 N–H and O–H groups in total. The molecule has 284 valence electrons. The Balaban J connectivity index is 1.13. The standard InChI is InChI=1S/C41H51N3O8S/c1-26(2)25-48-27(3)52-44-37(45)36-22-30-14-11-29(21-35(30)53-36)24-43-23-28-12-17-33(18-13-28)49-34-19-15-31(16-20-34)41(42,39(47)51-40(4,5)6)38(46)50-32-9-7-8-10-32/h11-22,26-27,32,43H,7-10,23-25,42H2,1-6H3,(H,44,45)/t27?,41-/m0/s1. The van der Waals surface area contributed by atoms with E-state index in [1.807, 2.05) is 56.3 Å². The highest BCUT2D eigenvalue weighted by atomic mass is 32.1. The van der Waals surface area contributed by atoms with E-state index in [9.17, 15) is 14.4 Å². The molecule has 5 rings (SSSR count). The van der Waals surface area contributed by atoms with Crippen LogP contribution in [0.25, 0.3) is 10.1 Å². The van der Waals surface area contributed by atoms with Crippen molar-refractivity contribution in [1.82, 2.24) is 10.8 Å². The summed E-state index contributed by atoms with van der Waals surface area (Å²) in [4.78, 5) is 45.2. The number of rotatable bonds is 16. The number of nitrogens with one attached hydrogen (secondary N) is 2. The second-order valence-electron chi connectivity index (χ2n) is 14.8. The largest absolute Gasteiger partial charge is 0.460 e. The lowest BCUT2D eigenvalue weighted by molar-refractivity contribution is -0.174. The molecule has 1 fully saturated rings. The molecule has 1 aliphatic rings. The van der Waals surface area contributed by atoms with E-state index in [-0.39, 0.29) is 17.6 Å². The van der Waals surface area contributed by atoms with E-state index in [1.54, 1.807) is 52.0 Å². The van der Waals surface area contributed by atoms with E-state index in [2.05, 4.69) is 16.9 Å². The third-order valence-corrected chi connectivity index (χ3v) is 9.63. The molecule has 12 heteroatoms. The summed E-state index contributed by atoms with van der Waals surface area (Å²) in [5, 5.41) is 4.46. The molecule has 1 saturated carbocycles. The van der Waals surface area contributed by atoms with E-state index >= 15 is 0 Å². The Labute approximate surface area is 315 Å². The molecule has 11 nitrogen and oxygen atoms in total. The first-order valence-corrected chi connectivity index (χ1v) is 18.9. The van der Waals surface area contributed by atoms with Crippen molar-refractivity contribution < 1.29 is 38.2 Å². The van der Waals surface area contributed by atoms with Crippen molar-refractivity contribution in [2.24, 2.45) is 11.7 Å². The Morgan fingerprint density at radius 3 is 2.11 bits per heavy atom. The molecule has 0 spiro atoms. The molecule has 0 bridgehead atoms. The van der Waals surface area contributed by atoms with Crippen molar-refractivity contribution in [3.63, 3.8) is 0 Å². The fraction of sp³-hybridized carbons (Fsp3) is 0.439. The minimum absolute atomic E-state index is 0.259. The highest BCUT2D eigenvalue weighted by Crippen LogP contribution is 2.31. The molecule has 2 atom stereocenters.